The van der Waals surface area contributed by atoms with E-state index in [1.165, 1.54) is 22.7 Å². The molecule has 3 aromatic rings. The number of halogens is 1. The normalized spacial score (nSPS) is 11.9. The van der Waals surface area contributed by atoms with Crippen molar-refractivity contribution in [1.29, 1.82) is 0 Å². The molecule has 0 fully saturated rings. The van der Waals surface area contributed by atoms with Crippen LogP contribution in [0.5, 0.6) is 0 Å². The Morgan fingerprint density at radius 3 is 2.65 bits per heavy atom. The van der Waals surface area contributed by atoms with Crippen LogP contribution >= 0.6 is 34.3 Å². The summed E-state index contributed by atoms with van der Waals surface area (Å²) in [6.45, 7) is 6.07. The monoisotopic (exact) mass is 408 g/mol. The lowest BCUT2D eigenvalue weighted by molar-refractivity contribution is -0.143. The Morgan fingerprint density at radius 1 is 1.23 bits per heavy atom. The van der Waals surface area contributed by atoms with Crippen LogP contribution in [0.4, 0.5) is 0 Å². The van der Waals surface area contributed by atoms with Gasteiger partial charge in [0.05, 0.1) is 26.0 Å². The molecule has 2 heterocycles. The van der Waals surface area contributed by atoms with Gasteiger partial charge in [-0.2, -0.15) is 4.99 Å². The number of aromatic nitrogens is 1. The molecule has 0 saturated carbocycles. The van der Waals surface area contributed by atoms with Gasteiger partial charge in [-0.25, -0.2) is 0 Å². The minimum absolute atomic E-state index is 0.00898. The highest BCUT2D eigenvalue weighted by Gasteiger charge is 2.15. The summed E-state index contributed by atoms with van der Waals surface area (Å²) >= 11 is 8.47. The van der Waals surface area contributed by atoms with E-state index in [2.05, 4.69) is 4.99 Å². The van der Waals surface area contributed by atoms with Gasteiger partial charge in [0.25, 0.3) is 5.91 Å². The molecular formula is C18H17ClN2O3S2. The van der Waals surface area contributed by atoms with Crippen molar-refractivity contribution in [2.75, 3.05) is 6.61 Å². The molecule has 1 aromatic carbocycles. The number of carbonyl (C=O) groups is 2. The molecule has 0 aliphatic carbocycles. The number of fused-ring (bicyclic) bond motifs is 1. The van der Waals surface area contributed by atoms with Crippen molar-refractivity contribution in [1.82, 2.24) is 4.57 Å². The van der Waals surface area contributed by atoms with Crippen LogP contribution in [0.1, 0.15) is 27.7 Å². The molecule has 0 unspecified atom stereocenters. The Kier molecular flexibility index (Phi) is 5.60. The maximum absolute atomic E-state index is 12.5. The predicted molar refractivity (Wildman–Crippen MR) is 105 cm³/mol. The molecule has 0 bridgehead atoms. The number of aryl methyl sites for hydroxylation is 2. The van der Waals surface area contributed by atoms with Crippen LogP contribution < -0.4 is 4.80 Å². The largest absolute Gasteiger partial charge is 0.465 e. The van der Waals surface area contributed by atoms with Gasteiger partial charge >= 0.3 is 5.97 Å². The van der Waals surface area contributed by atoms with Crippen molar-refractivity contribution in [2.45, 2.75) is 27.3 Å². The van der Waals surface area contributed by atoms with E-state index in [4.69, 9.17) is 16.3 Å². The molecule has 0 radical (unpaired) electrons. The van der Waals surface area contributed by atoms with Crippen molar-refractivity contribution >= 4 is 56.4 Å². The summed E-state index contributed by atoms with van der Waals surface area (Å²) in [5.41, 5.74) is 3.03. The molecule has 5 nitrogen and oxygen atoms in total. The molecule has 136 valence electrons. The van der Waals surface area contributed by atoms with Gasteiger partial charge < -0.3 is 9.30 Å². The fraction of sp³-hybridized carbons (Fsp3) is 0.278. The topological polar surface area (TPSA) is 60.7 Å². The summed E-state index contributed by atoms with van der Waals surface area (Å²) in [7, 11) is 0. The summed E-state index contributed by atoms with van der Waals surface area (Å²) in [4.78, 5) is 29.7. The molecule has 0 atom stereocenters. The molecule has 0 N–H and O–H groups in total. The standard InChI is InChI=1S/C18H17ClN2O3S2/c1-4-24-15(22)9-21-16-11(3)7-10(2)8-13(16)26-18(21)20-17(23)12-5-6-14(19)25-12/h5-8H,4,9H2,1-3H3. The van der Waals surface area contributed by atoms with Crippen LogP contribution in [0.25, 0.3) is 10.2 Å². The van der Waals surface area contributed by atoms with Crippen molar-refractivity contribution < 1.29 is 14.3 Å². The first kappa shape index (κ1) is 18.8. The Hall–Kier alpha value is -1.96. The third-order valence-corrected chi connectivity index (χ3v) is 5.93. The van der Waals surface area contributed by atoms with E-state index in [-0.39, 0.29) is 18.4 Å². The highest BCUT2D eigenvalue weighted by Crippen LogP contribution is 2.24. The highest BCUT2D eigenvalue weighted by atomic mass is 35.5. The number of thiophene rings is 1. The predicted octanol–water partition coefficient (Wildman–Crippen LogP) is 4.34. The van der Waals surface area contributed by atoms with Crippen molar-refractivity contribution in [3.05, 3.63) is 49.4 Å². The summed E-state index contributed by atoms with van der Waals surface area (Å²) in [5, 5.41) is 0. The van der Waals surface area contributed by atoms with E-state index in [9.17, 15) is 9.59 Å². The molecule has 0 spiro atoms. The fourth-order valence-electron chi connectivity index (χ4n) is 2.73. The van der Waals surface area contributed by atoms with E-state index in [1.807, 2.05) is 26.0 Å². The number of hydrogen-bond donors (Lipinski definition) is 0. The van der Waals surface area contributed by atoms with Gasteiger partial charge in [0, 0.05) is 0 Å². The van der Waals surface area contributed by atoms with E-state index in [1.54, 1.807) is 23.6 Å². The lowest BCUT2D eigenvalue weighted by Crippen LogP contribution is -2.23. The van der Waals surface area contributed by atoms with Crippen molar-refractivity contribution in [2.24, 2.45) is 4.99 Å². The van der Waals surface area contributed by atoms with Gasteiger partial charge in [0.15, 0.2) is 4.80 Å². The van der Waals surface area contributed by atoms with Crippen LogP contribution in [0.3, 0.4) is 0 Å². The number of benzene rings is 1. The summed E-state index contributed by atoms with van der Waals surface area (Å²) in [5.74, 6) is -0.735. The van der Waals surface area contributed by atoms with Crippen LogP contribution in [-0.4, -0.2) is 23.1 Å². The van der Waals surface area contributed by atoms with E-state index >= 15 is 0 Å². The molecule has 0 saturated heterocycles. The summed E-state index contributed by atoms with van der Waals surface area (Å²) in [6, 6.07) is 7.39. The second kappa shape index (κ2) is 7.73. The number of nitrogens with zero attached hydrogens (tertiary/aromatic N) is 2. The third kappa shape index (κ3) is 3.90. The molecule has 1 amide bonds. The van der Waals surface area contributed by atoms with Gasteiger partial charge in [-0.15, -0.1) is 11.3 Å². The van der Waals surface area contributed by atoms with Gasteiger partial charge in [-0.3, -0.25) is 9.59 Å². The number of esters is 1. The molecule has 0 aliphatic heterocycles. The van der Waals surface area contributed by atoms with Crippen molar-refractivity contribution in [3.63, 3.8) is 0 Å². The molecule has 2 aromatic heterocycles. The first-order valence-corrected chi connectivity index (χ1v) is 10.0. The Balaban J connectivity index is 2.16. The quantitative estimate of drug-likeness (QED) is 0.603. The molecule has 8 heteroatoms. The van der Waals surface area contributed by atoms with Gasteiger partial charge in [0.2, 0.25) is 0 Å². The molecule has 26 heavy (non-hydrogen) atoms. The second-order valence-electron chi connectivity index (χ2n) is 5.73. The molecule has 3 rings (SSSR count). The average molecular weight is 409 g/mol. The first-order chi connectivity index (χ1) is 12.4. The number of thiazole rings is 1. The molecule has 0 aliphatic rings. The van der Waals surface area contributed by atoms with Gasteiger partial charge in [-0.05, 0) is 50.1 Å². The zero-order valence-corrected chi connectivity index (χ0v) is 16.9. The Bertz CT molecular complexity index is 1060. The van der Waals surface area contributed by atoms with Crippen LogP contribution in [0, 0.1) is 13.8 Å². The maximum atomic E-state index is 12.5. The number of hydrogen-bond acceptors (Lipinski definition) is 5. The van der Waals surface area contributed by atoms with E-state index in [0.717, 1.165) is 21.3 Å². The maximum Gasteiger partial charge on any atom is 0.326 e. The minimum atomic E-state index is -0.375. The summed E-state index contributed by atoms with van der Waals surface area (Å²) < 4.78 is 8.34. The third-order valence-electron chi connectivity index (χ3n) is 3.69. The minimum Gasteiger partial charge on any atom is -0.465 e. The van der Waals surface area contributed by atoms with Gasteiger partial charge in [0.1, 0.15) is 6.54 Å². The smallest absolute Gasteiger partial charge is 0.326 e. The Labute approximate surface area is 163 Å². The zero-order chi connectivity index (χ0) is 18.8. The average Bonchev–Trinajstić information content (AvgIpc) is 3.12. The SMILES string of the molecule is CCOC(=O)Cn1c(=NC(=O)c2ccc(Cl)s2)sc2cc(C)cc(C)c21. The summed E-state index contributed by atoms with van der Waals surface area (Å²) in [6.07, 6.45) is 0. The number of carbonyl (C=O) groups excluding carboxylic acids is 2. The van der Waals surface area contributed by atoms with E-state index in [0.29, 0.717) is 20.6 Å². The van der Waals surface area contributed by atoms with Crippen LogP contribution in [-0.2, 0) is 16.1 Å². The van der Waals surface area contributed by atoms with Crippen molar-refractivity contribution in [3.8, 4) is 0 Å². The number of rotatable bonds is 4. The van der Waals surface area contributed by atoms with Gasteiger partial charge in [-0.1, -0.05) is 29.0 Å². The van der Waals surface area contributed by atoms with Crippen LogP contribution in [0.2, 0.25) is 4.34 Å². The highest BCUT2D eigenvalue weighted by molar-refractivity contribution is 7.18. The number of amides is 1. The number of ether oxygens (including phenoxy) is 1. The lowest BCUT2D eigenvalue weighted by Gasteiger charge is -2.07. The van der Waals surface area contributed by atoms with E-state index < -0.39 is 0 Å². The lowest BCUT2D eigenvalue weighted by atomic mass is 10.1. The fourth-order valence-corrected chi connectivity index (χ4v) is 4.86. The Morgan fingerprint density at radius 2 is 2.00 bits per heavy atom. The van der Waals surface area contributed by atoms with Crippen LogP contribution in [0.15, 0.2) is 29.3 Å². The zero-order valence-electron chi connectivity index (χ0n) is 14.5. The molecular weight excluding hydrogens is 392 g/mol. The second-order valence-corrected chi connectivity index (χ2v) is 8.45. The first-order valence-electron chi connectivity index (χ1n) is 7.99.